The van der Waals surface area contributed by atoms with Crippen LogP contribution in [0, 0.1) is 0 Å². The number of rotatable bonds is 4. The first-order valence-electron chi connectivity index (χ1n) is 21.5. The lowest BCUT2D eigenvalue weighted by molar-refractivity contribution is 0.648. The maximum atomic E-state index is 2.50. The quantitative estimate of drug-likeness (QED) is 0.172. The smallest absolute Gasteiger partial charge is 0.0468 e. The summed E-state index contributed by atoms with van der Waals surface area (Å²) < 4.78 is 0. The molecular formula is C59H47N. The van der Waals surface area contributed by atoms with Crippen LogP contribution >= 0.6 is 0 Å². The van der Waals surface area contributed by atoms with E-state index < -0.39 is 0 Å². The number of fused-ring (bicyclic) bond motifs is 12. The molecule has 3 aliphatic rings. The largest absolute Gasteiger partial charge is 0.310 e. The van der Waals surface area contributed by atoms with Gasteiger partial charge in [0.1, 0.15) is 0 Å². The van der Waals surface area contributed by atoms with Gasteiger partial charge in [0, 0.05) is 33.3 Å². The third-order valence-electron chi connectivity index (χ3n) is 14.6. The van der Waals surface area contributed by atoms with Gasteiger partial charge in [0.25, 0.3) is 0 Å². The molecule has 9 aromatic carbocycles. The van der Waals surface area contributed by atoms with Crippen LogP contribution in [0.2, 0.25) is 0 Å². The molecule has 0 spiro atoms. The molecule has 0 amide bonds. The second-order valence-corrected chi connectivity index (χ2v) is 19.0. The predicted molar refractivity (Wildman–Crippen MR) is 254 cm³/mol. The molecule has 0 unspecified atom stereocenters. The molecule has 0 aliphatic heterocycles. The Bertz CT molecular complexity index is 3270. The van der Waals surface area contributed by atoms with Crippen molar-refractivity contribution in [2.45, 2.75) is 57.8 Å². The van der Waals surface area contributed by atoms with Crippen molar-refractivity contribution in [1.82, 2.24) is 0 Å². The van der Waals surface area contributed by atoms with E-state index in [2.05, 4.69) is 222 Å². The van der Waals surface area contributed by atoms with Crippen LogP contribution in [0.25, 0.3) is 66.1 Å². The Morgan fingerprint density at radius 3 is 1.63 bits per heavy atom. The minimum Gasteiger partial charge on any atom is -0.310 e. The number of nitrogens with zero attached hydrogens (tertiary/aromatic N) is 1. The lowest BCUT2D eigenvalue weighted by Gasteiger charge is -2.29. The van der Waals surface area contributed by atoms with Crippen molar-refractivity contribution in [1.29, 1.82) is 0 Å². The molecule has 1 nitrogen and oxygen atoms in total. The van der Waals surface area contributed by atoms with E-state index in [9.17, 15) is 0 Å². The average Bonchev–Trinajstić information content (AvgIpc) is 3.74. The van der Waals surface area contributed by atoms with Gasteiger partial charge in [0.05, 0.1) is 0 Å². The third-order valence-corrected chi connectivity index (χ3v) is 14.6. The normalized spacial score (nSPS) is 15.6. The molecular weight excluding hydrogens is 723 g/mol. The fourth-order valence-electron chi connectivity index (χ4n) is 11.4. The summed E-state index contributed by atoms with van der Waals surface area (Å²) in [5, 5.41) is 5.14. The maximum Gasteiger partial charge on any atom is 0.0468 e. The van der Waals surface area contributed by atoms with Crippen molar-refractivity contribution in [2.75, 3.05) is 4.90 Å². The van der Waals surface area contributed by atoms with Crippen molar-refractivity contribution < 1.29 is 0 Å². The zero-order valence-corrected chi connectivity index (χ0v) is 35.2. The highest BCUT2D eigenvalue weighted by atomic mass is 15.1. The van der Waals surface area contributed by atoms with Crippen molar-refractivity contribution in [3.63, 3.8) is 0 Å². The highest BCUT2D eigenvalue weighted by Crippen LogP contribution is 2.60. The molecule has 0 heterocycles. The fourth-order valence-corrected chi connectivity index (χ4v) is 11.4. The minimum atomic E-state index is -0.183. The molecule has 0 radical (unpaired) electrons. The van der Waals surface area contributed by atoms with Gasteiger partial charge < -0.3 is 4.90 Å². The van der Waals surface area contributed by atoms with Crippen LogP contribution in [0.1, 0.15) is 74.9 Å². The second kappa shape index (κ2) is 12.2. The van der Waals surface area contributed by atoms with Crippen molar-refractivity contribution in [3.05, 3.63) is 209 Å². The van der Waals surface area contributed by atoms with E-state index in [1.54, 1.807) is 0 Å². The van der Waals surface area contributed by atoms with Gasteiger partial charge in [-0.1, -0.05) is 157 Å². The van der Waals surface area contributed by atoms with Crippen LogP contribution in [-0.2, 0) is 16.2 Å². The predicted octanol–water partition coefficient (Wildman–Crippen LogP) is 16.0. The summed E-state index contributed by atoms with van der Waals surface area (Å²) in [6.07, 6.45) is 0. The van der Waals surface area contributed by atoms with Gasteiger partial charge in [-0.25, -0.2) is 0 Å². The SMILES string of the molecule is CC1(C)c2ccccc2-c2ccc(N(c3ccc(-c4ccccc4)cc3)c3ccc4cc5c(cc4c3)C(C)(C)c3c-5ccc4c3-c3cc5ccccc5cc3C4(C)C)cc21. The van der Waals surface area contributed by atoms with Gasteiger partial charge in [-0.15, -0.1) is 0 Å². The van der Waals surface area contributed by atoms with E-state index in [1.165, 1.54) is 105 Å². The van der Waals surface area contributed by atoms with Crippen LogP contribution in [0.4, 0.5) is 17.1 Å². The van der Waals surface area contributed by atoms with Crippen LogP contribution in [-0.4, -0.2) is 0 Å². The Morgan fingerprint density at radius 2 is 0.833 bits per heavy atom. The van der Waals surface area contributed by atoms with Crippen molar-refractivity contribution in [3.8, 4) is 44.5 Å². The van der Waals surface area contributed by atoms with E-state index in [4.69, 9.17) is 0 Å². The summed E-state index contributed by atoms with van der Waals surface area (Å²) in [5.74, 6) is 0. The van der Waals surface area contributed by atoms with Gasteiger partial charge in [0.2, 0.25) is 0 Å². The Morgan fingerprint density at radius 1 is 0.300 bits per heavy atom. The Kier molecular flexibility index (Phi) is 7.16. The van der Waals surface area contributed by atoms with Crippen LogP contribution in [0.3, 0.4) is 0 Å². The van der Waals surface area contributed by atoms with Gasteiger partial charge in [-0.05, 0) is 160 Å². The molecule has 0 N–H and O–H groups in total. The average molecular weight is 770 g/mol. The summed E-state index contributed by atoms with van der Waals surface area (Å²) in [4.78, 5) is 2.46. The molecule has 0 bridgehead atoms. The van der Waals surface area contributed by atoms with E-state index in [0.29, 0.717) is 0 Å². The van der Waals surface area contributed by atoms with E-state index >= 15 is 0 Å². The molecule has 0 atom stereocenters. The maximum absolute atomic E-state index is 2.50. The molecule has 12 rings (SSSR count). The van der Waals surface area contributed by atoms with Gasteiger partial charge in [0.15, 0.2) is 0 Å². The molecule has 0 aromatic heterocycles. The van der Waals surface area contributed by atoms with Gasteiger partial charge in [-0.2, -0.15) is 0 Å². The van der Waals surface area contributed by atoms with Gasteiger partial charge >= 0.3 is 0 Å². The minimum absolute atomic E-state index is 0.0769. The summed E-state index contributed by atoms with van der Waals surface area (Å²) in [7, 11) is 0. The lowest BCUT2D eigenvalue weighted by atomic mass is 9.77. The molecule has 60 heavy (non-hydrogen) atoms. The van der Waals surface area contributed by atoms with Gasteiger partial charge in [-0.3, -0.25) is 0 Å². The molecule has 3 aliphatic carbocycles. The number of anilines is 3. The van der Waals surface area contributed by atoms with Crippen LogP contribution in [0.15, 0.2) is 176 Å². The molecule has 288 valence electrons. The zero-order chi connectivity index (χ0) is 40.7. The number of hydrogen-bond donors (Lipinski definition) is 0. The highest BCUT2D eigenvalue weighted by Gasteiger charge is 2.45. The van der Waals surface area contributed by atoms with Crippen molar-refractivity contribution in [2.24, 2.45) is 0 Å². The Balaban J connectivity index is 1.01. The van der Waals surface area contributed by atoms with E-state index in [-0.39, 0.29) is 16.2 Å². The summed E-state index contributed by atoms with van der Waals surface area (Å²) in [6, 6.07) is 66.4. The second-order valence-electron chi connectivity index (χ2n) is 19.0. The zero-order valence-electron chi connectivity index (χ0n) is 35.2. The van der Waals surface area contributed by atoms with Crippen LogP contribution in [0.5, 0.6) is 0 Å². The highest BCUT2D eigenvalue weighted by molar-refractivity contribution is 6.02. The van der Waals surface area contributed by atoms with Crippen LogP contribution < -0.4 is 4.90 Å². The van der Waals surface area contributed by atoms with Crippen molar-refractivity contribution >= 4 is 38.6 Å². The lowest BCUT2D eigenvalue weighted by Crippen LogP contribution is -2.18. The van der Waals surface area contributed by atoms with E-state index in [1.807, 2.05) is 0 Å². The molecule has 0 saturated carbocycles. The Hall–Kier alpha value is -6.70. The monoisotopic (exact) mass is 769 g/mol. The summed E-state index contributed by atoms with van der Waals surface area (Å²) in [6.45, 7) is 14.5. The molecule has 0 fully saturated rings. The standard InChI is InChI=1S/C59H47N/c1-57(2)50-19-13-12-18-45(50)46-27-26-44(35-54(46)57)60(42-23-20-37(21-24-42)36-14-8-7-9-15-36)43-25-22-40-31-48-47-28-29-51-55(56(47)59(5,6)52(48)34-41(40)30-43)49-32-38-16-10-11-17-39(38)33-53(49)58(51,3)4/h7-35H,1-6H3. The molecule has 9 aromatic rings. The first-order valence-corrected chi connectivity index (χ1v) is 21.5. The number of benzene rings is 9. The third kappa shape index (κ3) is 4.81. The summed E-state index contributed by atoms with van der Waals surface area (Å²) in [5.41, 5.74) is 22.3. The Labute approximate surface area is 353 Å². The fraction of sp³-hybridized carbons (Fsp3) is 0.153. The molecule has 1 heteroatoms. The first kappa shape index (κ1) is 35.3. The van der Waals surface area contributed by atoms with E-state index in [0.717, 1.165) is 11.4 Å². The number of hydrogen-bond acceptors (Lipinski definition) is 1. The first-order chi connectivity index (χ1) is 29.0. The topological polar surface area (TPSA) is 3.24 Å². The molecule has 0 saturated heterocycles. The summed E-state index contributed by atoms with van der Waals surface area (Å²) >= 11 is 0.